The van der Waals surface area contributed by atoms with Crippen molar-refractivity contribution in [1.29, 1.82) is 0 Å². The van der Waals surface area contributed by atoms with Crippen LogP contribution in [-0.2, 0) is 6.54 Å². The fourth-order valence-electron chi connectivity index (χ4n) is 1.90. The summed E-state index contributed by atoms with van der Waals surface area (Å²) in [7, 11) is 1.92. The van der Waals surface area contributed by atoms with Crippen molar-refractivity contribution in [1.82, 2.24) is 15.3 Å². The van der Waals surface area contributed by atoms with Crippen molar-refractivity contribution in [2.75, 3.05) is 7.05 Å². The van der Waals surface area contributed by atoms with E-state index in [1.807, 2.05) is 13.2 Å². The SMILES string of the molecule is CNCc1ncc(-c2cc(C)cc(C)c2)[nH]1. The number of benzene rings is 1. The van der Waals surface area contributed by atoms with Crippen molar-refractivity contribution in [2.45, 2.75) is 20.4 Å². The fourth-order valence-corrected chi connectivity index (χ4v) is 1.90. The van der Waals surface area contributed by atoms with Gasteiger partial charge in [0.2, 0.25) is 0 Å². The van der Waals surface area contributed by atoms with E-state index in [-0.39, 0.29) is 0 Å². The Kier molecular flexibility index (Phi) is 3.06. The number of hydrogen-bond acceptors (Lipinski definition) is 2. The zero-order valence-electron chi connectivity index (χ0n) is 9.96. The first-order valence-corrected chi connectivity index (χ1v) is 5.46. The first-order chi connectivity index (χ1) is 7.69. The van der Waals surface area contributed by atoms with Crippen molar-refractivity contribution in [3.05, 3.63) is 41.3 Å². The molecule has 0 amide bonds. The van der Waals surface area contributed by atoms with E-state index in [2.05, 4.69) is 47.3 Å². The molecule has 0 aliphatic rings. The Bertz CT molecular complexity index is 465. The summed E-state index contributed by atoms with van der Waals surface area (Å²) in [6, 6.07) is 6.52. The van der Waals surface area contributed by atoms with Crippen molar-refractivity contribution in [2.24, 2.45) is 0 Å². The van der Waals surface area contributed by atoms with E-state index in [1.54, 1.807) is 0 Å². The normalized spacial score (nSPS) is 10.7. The second-order valence-electron chi connectivity index (χ2n) is 4.15. The molecule has 0 unspecified atom stereocenters. The number of imidazole rings is 1. The number of aromatic nitrogens is 2. The van der Waals surface area contributed by atoms with Gasteiger partial charge in [-0.05, 0) is 33.0 Å². The molecule has 0 radical (unpaired) electrons. The van der Waals surface area contributed by atoms with Crippen LogP contribution < -0.4 is 5.32 Å². The molecular formula is C13H17N3. The lowest BCUT2D eigenvalue weighted by Gasteiger charge is -2.02. The second kappa shape index (κ2) is 4.49. The van der Waals surface area contributed by atoms with Crippen LogP contribution in [0.2, 0.25) is 0 Å². The molecule has 3 heteroatoms. The van der Waals surface area contributed by atoms with Gasteiger partial charge >= 0.3 is 0 Å². The molecule has 0 aliphatic carbocycles. The van der Waals surface area contributed by atoms with Gasteiger partial charge in [0.15, 0.2) is 0 Å². The van der Waals surface area contributed by atoms with Gasteiger partial charge in [-0.3, -0.25) is 0 Å². The lowest BCUT2D eigenvalue weighted by molar-refractivity contribution is 0.772. The Hall–Kier alpha value is -1.61. The molecule has 1 aromatic heterocycles. The highest BCUT2D eigenvalue weighted by Gasteiger charge is 2.03. The number of nitrogens with zero attached hydrogens (tertiary/aromatic N) is 1. The van der Waals surface area contributed by atoms with Crippen LogP contribution in [0.15, 0.2) is 24.4 Å². The third kappa shape index (κ3) is 2.31. The van der Waals surface area contributed by atoms with Gasteiger partial charge in [0.05, 0.1) is 18.4 Å². The van der Waals surface area contributed by atoms with E-state index in [0.29, 0.717) is 0 Å². The Labute approximate surface area is 95.9 Å². The summed E-state index contributed by atoms with van der Waals surface area (Å²) in [6.45, 7) is 4.99. The summed E-state index contributed by atoms with van der Waals surface area (Å²) in [5.74, 6) is 0.969. The summed E-state index contributed by atoms with van der Waals surface area (Å²) in [4.78, 5) is 7.63. The monoisotopic (exact) mass is 215 g/mol. The average Bonchev–Trinajstić information content (AvgIpc) is 2.65. The third-order valence-electron chi connectivity index (χ3n) is 2.51. The minimum absolute atomic E-state index is 0.769. The summed E-state index contributed by atoms with van der Waals surface area (Å²) >= 11 is 0. The molecule has 0 aliphatic heterocycles. The van der Waals surface area contributed by atoms with Crippen molar-refractivity contribution in [3.8, 4) is 11.3 Å². The number of aromatic amines is 1. The lowest BCUT2D eigenvalue weighted by Crippen LogP contribution is -2.06. The summed E-state index contributed by atoms with van der Waals surface area (Å²) in [5.41, 5.74) is 4.84. The molecule has 0 saturated heterocycles. The van der Waals surface area contributed by atoms with E-state index < -0.39 is 0 Å². The lowest BCUT2D eigenvalue weighted by atomic mass is 10.1. The van der Waals surface area contributed by atoms with E-state index in [9.17, 15) is 0 Å². The maximum atomic E-state index is 4.32. The van der Waals surface area contributed by atoms with Crippen molar-refractivity contribution < 1.29 is 0 Å². The molecule has 1 aromatic carbocycles. The number of rotatable bonds is 3. The quantitative estimate of drug-likeness (QED) is 0.825. The molecule has 0 bridgehead atoms. The van der Waals surface area contributed by atoms with Gasteiger partial charge < -0.3 is 10.3 Å². The van der Waals surface area contributed by atoms with Crippen LogP contribution in [0, 0.1) is 13.8 Å². The van der Waals surface area contributed by atoms with Crippen LogP contribution in [0.5, 0.6) is 0 Å². The van der Waals surface area contributed by atoms with Crippen molar-refractivity contribution in [3.63, 3.8) is 0 Å². The van der Waals surface area contributed by atoms with Gasteiger partial charge in [-0.1, -0.05) is 17.2 Å². The average molecular weight is 215 g/mol. The van der Waals surface area contributed by atoms with Gasteiger partial charge in [-0.25, -0.2) is 4.98 Å². The van der Waals surface area contributed by atoms with Crippen LogP contribution in [0.1, 0.15) is 17.0 Å². The molecule has 0 saturated carbocycles. The molecule has 2 aromatic rings. The smallest absolute Gasteiger partial charge is 0.120 e. The summed E-state index contributed by atoms with van der Waals surface area (Å²) in [6.07, 6.45) is 1.89. The Morgan fingerprint density at radius 3 is 2.50 bits per heavy atom. The largest absolute Gasteiger partial charge is 0.341 e. The number of aryl methyl sites for hydroxylation is 2. The molecular weight excluding hydrogens is 198 g/mol. The van der Waals surface area contributed by atoms with Crippen LogP contribution in [0.25, 0.3) is 11.3 Å². The molecule has 2 rings (SSSR count). The van der Waals surface area contributed by atoms with Gasteiger partial charge in [-0.2, -0.15) is 0 Å². The van der Waals surface area contributed by atoms with E-state index in [1.165, 1.54) is 16.7 Å². The standard InChI is InChI=1S/C13H17N3/c1-9-4-10(2)6-11(5-9)12-7-15-13(16-12)8-14-3/h4-7,14H,8H2,1-3H3,(H,15,16). The molecule has 3 nitrogen and oxygen atoms in total. The van der Waals surface area contributed by atoms with E-state index in [0.717, 1.165) is 18.1 Å². The van der Waals surface area contributed by atoms with Crippen LogP contribution in [0.3, 0.4) is 0 Å². The number of H-pyrrole nitrogens is 1. The minimum Gasteiger partial charge on any atom is -0.341 e. The fraction of sp³-hybridized carbons (Fsp3) is 0.308. The third-order valence-corrected chi connectivity index (χ3v) is 2.51. The van der Waals surface area contributed by atoms with Gasteiger partial charge in [0.1, 0.15) is 5.82 Å². The maximum absolute atomic E-state index is 4.32. The maximum Gasteiger partial charge on any atom is 0.120 e. The predicted molar refractivity (Wildman–Crippen MR) is 66.3 cm³/mol. The molecule has 0 atom stereocenters. The molecule has 16 heavy (non-hydrogen) atoms. The first kappa shape index (κ1) is 10.9. The van der Waals surface area contributed by atoms with E-state index in [4.69, 9.17) is 0 Å². The Morgan fingerprint density at radius 1 is 1.19 bits per heavy atom. The molecule has 1 heterocycles. The van der Waals surface area contributed by atoms with Crippen LogP contribution in [-0.4, -0.2) is 17.0 Å². The van der Waals surface area contributed by atoms with Gasteiger partial charge in [-0.15, -0.1) is 0 Å². The van der Waals surface area contributed by atoms with Crippen molar-refractivity contribution >= 4 is 0 Å². The van der Waals surface area contributed by atoms with Crippen LogP contribution in [0.4, 0.5) is 0 Å². The molecule has 84 valence electrons. The zero-order valence-corrected chi connectivity index (χ0v) is 9.96. The van der Waals surface area contributed by atoms with E-state index >= 15 is 0 Å². The van der Waals surface area contributed by atoms with Crippen LogP contribution >= 0.6 is 0 Å². The highest BCUT2D eigenvalue weighted by atomic mass is 15.0. The van der Waals surface area contributed by atoms with Gasteiger partial charge in [0.25, 0.3) is 0 Å². The predicted octanol–water partition coefficient (Wildman–Crippen LogP) is 2.41. The van der Waals surface area contributed by atoms with Gasteiger partial charge in [0, 0.05) is 5.56 Å². The topological polar surface area (TPSA) is 40.7 Å². The first-order valence-electron chi connectivity index (χ1n) is 5.46. The molecule has 0 fully saturated rings. The second-order valence-corrected chi connectivity index (χ2v) is 4.15. The Morgan fingerprint density at radius 2 is 1.88 bits per heavy atom. The number of hydrogen-bond donors (Lipinski definition) is 2. The Balaban J connectivity index is 2.34. The molecule has 0 spiro atoms. The minimum atomic E-state index is 0.769. The summed E-state index contributed by atoms with van der Waals surface area (Å²) in [5, 5.41) is 3.08. The molecule has 2 N–H and O–H groups in total. The highest BCUT2D eigenvalue weighted by molar-refractivity contribution is 5.60. The number of nitrogens with one attached hydrogen (secondary N) is 2. The highest BCUT2D eigenvalue weighted by Crippen LogP contribution is 2.20. The zero-order chi connectivity index (χ0) is 11.5. The summed E-state index contributed by atoms with van der Waals surface area (Å²) < 4.78 is 0.